The predicted molar refractivity (Wildman–Crippen MR) is 63.2 cm³/mol. The average Bonchev–Trinajstić information content (AvgIpc) is 3.08. The maximum Gasteiger partial charge on any atom is 0.189 e. The highest BCUT2D eigenvalue weighted by Gasteiger charge is 2.21. The molecule has 0 aromatic heterocycles. The molecule has 0 heterocycles. The molecule has 1 aromatic carbocycles. The summed E-state index contributed by atoms with van der Waals surface area (Å²) in [6.45, 7) is 2.66. The molecule has 2 rings (SSSR count). The average molecular weight is 239 g/mol. The molecule has 1 unspecified atom stereocenters. The number of nitrogens with two attached hydrogens (primary N) is 1. The lowest BCUT2D eigenvalue weighted by molar-refractivity contribution is 0.00982. The fraction of sp³-hybridized carbons (Fsp3) is 0.538. The van der Waals surface area contributed by atoms with Crippen molar-refractivity contribution >= 4 is 0 Å². The number of ether oxygens (including phenoxy) is 2. The minimum Gasteiger partial charge on any atom is -0.467 e. The Kier molecular flexibility index (Phi) is 3.97. The standard InChI is InChI=1S/C13H18FNO2/c1-9(15)12-5-4-11(6-13(12)14)17-8-16-7-10-2-3-10/h4-6,9-10H,2-3,7-8,15H2,1H3. The van der Waals surface area contributed by atoms with E-state index < -0.39 is 0 Å². The highest BCUT2D eigenvalue weighted by molar-refractivity contribution is 5.30. The summed E-state index contributed by atoms with van der Waals surface area (Å²) in [7, 11) is 0. The van der Waals surface area contributed by atoms with E-state index in [2.05, 4.69) is 0 Å². The van der Waals surface area contributed by atoms with Crippen LogP contribution in [-0.4, -0.2) is 13.4 Å². The van der Waals surface area contributed by atoms with Gasteiger partial charge in [0.1, 0.15) is 11.6 Å². The van der Waals surface area contributed by atoms with Crippen molar-refractivity contribution in [2.75, 3.05) is 13.4 Å². The molecule has 1 aliphatic rings. The largest absolute Gasteiger partial charge is 0.467 e. The molecule has 0 radical (unpaired) electrons. The van der Waals surface area contributed by atoms with Gasteiger partial charge in [0.05, 0.1) is 6.61 Å². The van der Waals surface area contributed by atoms with E-state index in [0.29, 0.717) is 17.2 Å². The van der Waals surface area contributed by atoms with Gasteiger partial charge in [-0.05, 0) is 31.7 Å². The zero-order valence-electron chi connectivity index (χ0n) is 9.99. The number of hydrogen-bond acceptors (Lipinski definition) is 3. The smallest absolute Gasteiger partial charge is 0.189 e. The molecule has 0 bridgehead atoms. The van der Waals surface area contributed by atoms with Crippen LogP contribution >= 0.6 is 0 Å². The first kappa shape index (κ1) is 12.3. The van der Waals surface area contributed by atoms with E-state index in [1.807, 2.05) is 0 Å². The van der Waals surface area contributed by atoms with Crippen LogP contribution in [0.5, 0.6) is 5.75 Å². The fourth-order valence-corrected chi connectivity index (χ4v) is 1.58. The summed E-state index contributed by atoms with van der Waals surface area (Å²) < 4.78 is 24.2. The van der Waals surface area contributed by atoms with Gasteiger partial charge in [0, 0.05) is 17.7 Å². The minimum absolute atomic E-state index is 0.174. The van der Waals surface area contributed by atoms with Crippen LogP contribution in [0, 0.1) is 11.7 Å². The Morgan fingerprint density at radius 3 is 2.82 bits per heavy atom. The molecule has 0 spiro atoms. The second-order valence-corrected chi connectivity index (χ2v) is 4.55. The monoisotopic (exact) mass is 239 g/mol. The SMILES string of the molecule is CC(N)c1ccc(OCOCC2CC2)cc1F. The Morgan fingerprint density at radius 1 is 1.47 bits per heavy atom. The molecule has 1 fully saturated rings. The van der Waals surface area contributed by atoms with Crippen LogP contribution in [0.4, 0.5) is 4.39 Å². The molecule has 1 saturated carbocycles. The normalized spacial score (nSPS) is 16.9. The van der Waals surface area contributed by atoms with Crippen molar-refractivity contribution in [3.63, 3.8) is 0 Å². The van der Waals surface area contributed by atoms with Gasteiger partial charge in [0.15, 0.2) is 6.79 Å². The first-order valence-corrected chi connectivity index (χ1v) is 5.92. The zero-order valence-corrected chi connectivity index (χ0v) is 9.99. The second kappa shape index (κ2) is 5.47. The highest BCUT2D eigenvalue weighted by Crippen LogP contribution is 2.28. The molecule has 94 valence electrons. The summed E-state index contributed by atoms with van der Waals surface area (Å²) in [5, 5.41) is 0. The first-order valence-electron chi connectivity index (χ1n) is 5.92. The Bertz CT molecular complexity index is 378. The van der Waals surface area contributed by atoms with Crippen molar-refractivity contribution in [3.8, 4) is 5.75 Å². The van der Waals surface area contributed by atoms with Crippen molar-refractivity contribution in [3.05, 3.63) is 29.6 Å². The molecule has 3 nitrogen and oxygen atoms in total. The van der Waals surface area contributed by atoms with Crippen molar-refractivity contribution in [1.29, 1.82) is 0 Å². The van der Waals surface area contributed by atoms with E-state index in [-0.39, 0.29) is 18.7 Å². The van der Waals surface area contributed by atoms with Gasteiger partial charge in [0.25, 0.3) is 0 Å². The van der Waals surface area contributed by atoms with E-state index >= 15 is 0 Å². The van der Waals surface area contributed by atoms with Crippen molar-refractivity contribution < 1.29 is 13.9 Å². The third-order valence-electron chi connectivity index (χ3n) is 2.82. The molecule has 1 aromatic rings. The van der Waals surface area contributed by atoms with Gasteiger partial charge in [-0.3, -0.25) is 0 Å². The van der Waals surface area contributed by atoms with Gasteiger partial charge in [-0.1, -0.05) is 6.07 Å². The molecular weight excluding hydrogens is 221 g/mol. The molecular formula is C13H18FNO2. The highest BCUT2D eigenvalue weighted by atomic mass is 19.1. The molecule has 1 atom stereocenters. The van der Waals surface area contributed by atoms with Gasteiger partial charge >= 0.3 is 0 Å². The van der Waals surface area contributed by atoms with E-state index in [4.69, 9.17) is 15.2 Å². The Hall–Kier alpha value is -1.13. The van der Waals surface area contributed by atoms with Gasteiger partial charge < -0.3 is 15.2 Å². The number of hydrogen-bond donors (Lipinski definition) is 1. The Morgan fingerprint density at radius 2 is 2.24 bits per heavy atom. The molecule has 0 amide bonds. The molecule has 17 heavy (non-hydrogen) atoms. The fourth-order valence-electron chi connectivity index (χ4n) is 1.58. The maximum atomic E-state index is 13.5. The van der Waals surface area contributed by atoms with Crippen molar-refractivity contribution in [1.82, 2.24) is 0 Å². The summed E-state index contributed by atoms with van der Waals surface area (Å²) in [6, 6.07) is 4.40. The van der Waals surface area contributed by atoms with Crippen LogP contribution in [0.3, 0.4) is 0 Å². The lowest BCUT2D eigenvalue weighted by Crippen LogP contribution is -2.08. The summed E-state index contributed by atoms with van der Waals surface area (Å²) >= 11 is 0. The van der Waals surface area contributed by atoms with Gasteiger partial charge in [-0.25, -0.2) is 4.39 Å². The van der Waals surface area contributed by atoms with Crippen LogP contribution < -0.4 is 10.5 Å². The van der Waals surface area contributed by atoms with Crippen LogP contribution in [0.1, 0.15) is 31.4 Å². The number of halogens is 1. The quantitative estimate of drug-likeness (QED) is 0.613. The number of rotatable bonds is 6. The zero-order chi connectivity index (χ0) is 12.3. The van der Waals surface area contributed by atoms with E-state index in [1.165, 1.54) is 18.9 Å². The first-order chi connectivity index (χ1) is 8.16. The van der Waals surface area contributed by atoms with Gasteiger partial charge in [0.2, 0.25) is 0 Å². The van der Waals surface area contributed by atoms with Gasteiger partial charge in [-0.15, -0.1) is 0 Å². The Balaban J connectivity index is 1.81. The predicted octanol–water partition coefficient (Wildman–Crippen LogP) is 2.61. The molecule has 4 heteroatoms. The van der Waals surface area contributed by atoms with E-state index in [1.54, 1.807) is 19.1 Å². The minimum atomic E-state index is -0.334. The molecule has 2 N–H and O–H groups in total. The summed E-state index contributed by atoms with van der Waals surface area (Å²) in [5.74, 6) is 0.846. The van der Waals surface area contributed by atoms with Gasteiger partial charge in [-0.2, -0.15) is 0 Å². The second-order valence-electron chi connectivity index (χ2n) is 4.55. The van der Waals surface area contributed by atoms with Crippen LogP contribution in [0.2, 0.25) is 0 Å². The third kappa shape index (κ3) is 3.68. The molecule has 1 aliphatic carbocycles. The maximum absolute atomic E-state index is 13.5. The molecule has 0 aliphatic heterocycles. The van der Waals surface area contributed by atoms with Crippen molar-refractivity contribution in [2.45, 2.75) is 25.8 Å². The summed E-state index contributed by atoms with van der Waals surface area (Å²) in [5.41, 5.74) is 6.12. The number of benzene rings is 1. The van der Waals surface area contributed by atoms with Crippen LogP contribution in [0.15, 0.2) is 18.2 Å². The van der Waals surface area contributed by atoms with Crippen molar-refractivity contribution in [2.24, 2.45) is 11.7 Å². The van der Waals surface area contributed by atoms with E-state index in [0.717, 1.165) is 6.61 Å². The third-order valence-corrected chi connectivity index (χ3v) is 2.82. The summed E-state index contributed by atoms with van der Waals surface area (Å²) in [4.78, 5) is 0. The lowest BCUT2D eigenvalue weighted by atomic mass is 10.1. The van der Waals surface area contributed by atoms with Crippen LogP contribution in [-0.2, 0) is 4.74 Å². The lowest BCUT2D eigenvalue weighted by Gasteiger charge is -2.10. The Labute approximate surface area is 101 Å². The van der Waals surface area contributed by atoms with Crippen LogP contribution in [0.25, 0.3) is 0 Å². The summed E-state index contributed by atoms with van der Waals surface area (Å²) in [6.07, 6.45) is 2.50. The topological polar surface area (TPSA) is 44.5 Å². The molecule has 0 saturated heterocycles. The van der Waals surface area contributed by atoms with E-state index in [9.17, 15) is 4.39 Å².